The number of methoxy groups -OCH3 is 2. The third kappa shape index (κ3) is 4.31. The van der Waals surface area contributed by atoms with Crippen LogP contribution in [0.15, 0.2) is 42.5 Å². The minimum absolute atomic E-state index is 0.790. The second-order valence-electron chi connectivity index (χ2n) is 7.40. The Labute approximate surface area is 175 Å². The Kier molecular flexibility index (Phi) is 6.59. The van der Waals surface area contributed by atoms with Crippen LogP contribution in [0, 0.1) is 27.7 Å². The van der Waals surface area contributed by atoms with Gasteiger partial charge in [0.05, 0.1) is 19.7 Å². The van der Waals surface area contributed by atoms with Crippen LogP contribution in [0.1, 0.15) is 34.9 Å². The molecule has 0 spiro atoms. The van der Waals surface area contributed by atoms with E-state index in [4.69, 9.17) is 14.5 Å². The first kappa shape index (κ1) is 21.3. The predicted octanol–water partition coefficient (Wildman–Crippen LogP) is 4.65. The van der Waals surface area contributed by atoms with Gasteiger partial charge in [0, 0.05) is 13.6 Å². The van der Waals surface area contributed by atoms with Crippen molar-refractivity contribution >= 4 is 24.0 Å². The first-order valence-electron chi connectivity index (χ1n) is 9.96. The lowest BCUT2D eigenvalue weighted by atomic mass is 10.1. The largest absolute Gasteiger partial charge is 0.496 e. The Bertz CT molecular complexity index is 924. The van der Waals surface area contributed by atoms with Gasteiger partial charge < -0.3 is 9.47 Å². The number of hydrogen-bond acceptors (Lipinski definition) is 3. The van der Waals surface area contributed by atoms with Gasteiger partial charge >= 0.3 is 0 Å². The van der Waals surface area contributed by atoms with E-state index in [-0.39, 0.29) is 0 Å². The van der Waals surface area contributed by atoms with Gasteiger partial charge in [0.1, 0.15) is 11.5 Å². The summed E-state index contributed by atoms with van der Waals surface area (Å²) in [6.07, 6.45) is 0.929. The van der Waals surface area contributed by atoms with Crippen molar-refractivity contribution in [1.29, 1.82) is 0 Å². The van der Waals surface area contributed by atoms with E-state index in [2.05, 4.69) is 77.1 Å². The molecule has 4 heteroatoms. The van der Waals surface area contributed by atoms with E-state index in [0.29, 0.717) is 0 Å². The topological polar surface area (TPSA) is 31.4 Å². The van der Waals surface area contributed by atoms with Crippen LogP contribution >= 0.6 is 7.92 Å². The Hall–Kier alpha value is -2.38. The number of aryl methyl sites for hydroxylation is 5. The van der Waals surface area contributed by atoms with Crippen LogP contribution in [-0.2, 0) is 6.42 Å². The number of hydrogen-bond donors (Lipinski definition) is 0. The molecule has 1 heterocycles. The highest BCUT2D eigenvalue weighted by molar-refractivity contribution is 7.79. The maximum absolute atomic E-state index is 5.60. The molecule has 3 nitrogen and oxygen atoms in total. The fourth-order valence-electron chi connectivity index (χ4n) is 3.96. The van der Waals surface area contributed by atoms with E-state index in [1.54, 1.807) is 14.2 Å². The number of rotatable bonds is 6. The van der Waals surface area contributed by atoms with Crippen molar-refractivity contribution in [3.8, 4) is 11.5 Å². The number of ether oxygens (including phenoxy) is 2. The van der Waals surface area contributed by atoms with Crippen molar-refractivity contribution in [3.05, 3.63) is 70.4 Å². The summed E-state index contributed by atoms with van der Waals surface area (Å²) >= 11 is 0. The summed E-state index contributed by atoms with van der Waals surface area (Å²) in [5, 5.41) is 2.58. The summed E-state index contributed by atoms with van der Waals surface area (Å²) in [6.45, 7) is 10.6. The van der Waals surface area contributed by atoms with Gasteiger partial charge in [-0.15, -0.1) is 0 Å². The van der Waals surface area contributed by atoms with E-state index in [1.165, 1.54) is 10.6 Å². The average Bonchev–Trinajstić information content (AvgIpc) is 2.68. The molecule has 0 unspecified atom stereocenters. The van der Waals surface area contributed by atoms with Crippen LogP contribution in [0.5, 0.6) is 11.5 Å². The lowest BCUT2D eigenvalue weighted by Crippen LogP contribution is -2.25. The van der Waals surface area contributed by atoms with E-state index in [0.717, 1.165) is 51.3 Å². The monoisotopic (exact) mass is 407 g/mol. The molecule has 0 atom stereocenters. The van der Waals surface area contributed by atoms with Crippen molar-refractivity contribution in [2.24, 2.45) is 0 Å². The van der Waals surface area contributed by atoms with Gasteiger partial charge in [0.25, 0.3) is 0 Å². The van der Waals surface area contributed by atoms with E-state index < -0.39 is 7.92 Å². The molecule has 0 aliphatic rings. The molecule has 152 valence electrons. The SMILES string of the molecule is CCc1cccc(P(c2cc(C)c(OC)c(C)c2)c2cc(C)c(OC)c(C)c2)n1. The minimum atomic E-state index is -0.790. The second-order valence-corrected chi connectivity index (χ2v) is 9.56. The highest BCUT2D eigenvalue weighted by Gasteiger charge is 2.22. The van der Waals surface area contributed by atoms with Crippen molar-refractivity contribution in [2.75, 3.05) is 14.2 Å². The van der Waals surface area contributed by atoms with Gasteiger partial charge in [0.2, 0.25) is 0 Å². The molecule has 0 aliphatic heterocycles. The van der Waals surface area contributed by atoms with E-state index in [9.17, 15) is 0 Å². The Morgan fingerprint density at radius 2 is 1.21 bits per heavy atom. The first-order chi connectivity index (χ1) is 13.9. The maximum Gasteiger partial charge on any atom is 0.124 e. The summed E-state index contributed by atoms with van der Waals surface area (Å²) in [5.41, 5.74) is 6.88. The zero-order valence-electron chi connectivity index (χ0n) is 18.5. The van der Waals surface area contributed by atoms with Crippen LogP contribution < -0.4 is 25.5 Å². The number of pyridine rings is 1. The zero-order chi connectivity index (χ0) is 21.1. The molecule has 0 radical (unpaired) electrons. The summed E-state index contributed by atoms with van der Waals surface area (Å²) < 4.78 is 11.2. The maximum atomic E-state index is 5.60. The van der Waals surface area contributed by atoms with E-state index >= 15 is 0 Å². The molecule has 0 fully saturated rings. The number of benzene rings is 2. The first-order valence-corrected chi connectivity index (χ1v) is 11.3. The lowest BCUT2D eigenvalue weighted by Gasteiger charge is -2.23. The molecular weight excluding hydrogens is 377 g/mol. The van der Waals surface area contributed by atoms with E-state index in [1.807, 2.05) is 0 Å². The molecule has 0 N–H and O–H groups in total. The molecular formula is C25H30NO2P. The van der Waals surface area contributed by atoms with Crippen molar-refractivity contribution in [1.82, 2.24) is 4.98 Å². The fourth-order valence-corrected chi connectivity index (χ4v) is 6.54. The third-order valence-corrected chi connectivity index (χ3v) is 7.45. The van der Waals surface area contributed by atoms with Gasteiger partial charge in [-0.2, -0.15) is 0 Å². The quantitative estimate of drug-likeness (QED) is 0.557. The molecule has 0 aliphatic carbocycles. The standard InChI is InChI=1S/C25H30NO2P/c1-8-20-10-9-11-23(26-20)29(21-12-16(2)24(27-6)17(3)13-21)22-14-18(4)25(28-7)19(5)15-22/h9-15H,8H2,1-7H3. The highest BCUT2D eigenvalue weighted by atomic mass is 31.1. The molecule has 0 saturated carbocycles. The lowest BCUT2D eigenvalue weighted by molar-refractivity contribution is 0.408. The molecule has 2 aromatic carbocycles. The Morgan fingerprint density at radius 1 is 0.759 bits per heavy atom. The Morgan fingerprint density at radius 3 is 1.59 bits per heavy atom. The molecule has 29 heavy (non-hydrogen) atoms. The molecule has 3 rings (SSSR count). The van der Waals surface area contributed by atoms with Crippen LogP contribution in [0.3, 0.4) is 0 Å². The summed E-state index contributed by atoms with van der Waals surface area (Å²) in [4.78, 5) is 5.01. The summed E-state index contributed by atoms with van der Waals surface area (Å²) in [5.74, 6) is 1.92. The van der Waals surface area contributed by atoms with Gasteiger partial charge in [-0.1, -0.05) is 13.0 Å². The van der Waals surface area contributed by atoms with Crippen LogP contribution in [-0.4, -0.2) is 19.2 Å². The van der Waals surface area contributed by atoms with Crippen LogP contribution in [0.4, 0.5) is 0 Å². The smallest absolute Gasteiger partial charge is 0.124 e. The molecule has 0 saturated heterocycles. The second kappa shape index (κ2) is 8.97. The fraction of sp³-hybridized carbons (Fsp3) is 0.320. The van der Waals surface area contributed by atoms with Crippen molar-refractivity contribution in [3.63, 3.8) is 0 Å². The zero-order valence-corrected chi connectivity index (χ0v) is 19.4. The minimum Gasteiger partial charge on any atom is -0.496 e. The molecule has 1 aromatic heterocycles. The number of aromatic nitrogens is 1. The summed E-state index contributed by atoms with van der Waals surface area (Å²) in [6, 6.07) is 15.4. The van der Waals surface area contributed by atoms with Crippen molar-refractivity contribution < 1.29 is 9.47 Å². The Balaban J connectivity index is 2.26. The normalized spacial score (nSPS) is 11.0. The summed E-state index contributed by atoms with van der Waals surface area (Å²) in [7, 11) is 2.68. The van der Waals surface area contributed by atoms with Crippen LogP contribution in [0.2, 0.25) is 0 Å². The average molecular weight is 407 g/mol. The van der Waals surface area contributed by atoms with Gasteiger partial charge in [0.15, 0.2) is 0 Å². The predicted molar refractivity (Wildman–Crippen MR) is 124 cm³/mol. The molecule has 0 bridgehead atoms. The molecule has 3 aromatic rings. The number of nitrogens with zero attached hydrogens (tertiary/aromatic N) is 1. The van der Waals surface area contributed by atoms with Crippen LogP contribution in [0.25, 0.3) is 0 Å². The van der Waals surface area contributed by atoms with Gasteiger partial charge in [-0.05, 0) is 103 Å². The van der Waals surface area contributed by atoms with Gasteiger partial charge in [-0.3, -0.25) is 4.98 Å². The third-order valence-electron chi connectivity index (χ3n) is 5.20. The van der Waals surface area contributed by atoms with Gasteiger partial charge in [-0.25, -0.2) is 0 Å². The molecule has 0 amide bonds. The highest BCUT2D eigenvalue weighted by Crippen LogP contribution is 2.37. The van der Waals surface area contributed by atoms with Crippen molar-refractivity contribution in [2.45, 2.75) is 41.0 Å².